The summed E-state index contributed by atoms with van der Waals surface area (Å²) in [7, 11) is 3.20. The highest BCUT2D eigenvalue weighted by Gasteiger charge is 2.12. The first kappa shape index (κ1) is 21.4. The predicted octanol–water partition coefficient (Wildman–Crippen LogP) is 3.25. The van der Waals surface area contributed by atoms with E-state index >= 15 is 0 Å². The third-order valence-electron chi connectivity index (χ3n) is 4.35. The fourth-order valence-corrected chi connectivity index (χ4v) is 3.34. The Morgan fingerprint density at radius 1 is 1.03 bits per heavy atom. The van der Waals surface area contributed by atoms with Gasteiger partial charge in [0.1, 0.15) is 0 Å². The second-order valence-corrected chi connectivity index (χ2v) is 7.53. The van der Waals surface area contributed by atoms with E-state index in [1.807, 2.05) is 42.8 Å². The molecule has 0 saturated heterocycles. The minimum atomic E-state index is -0.418. The van der Waals surface area contributed by atoms with E-state index in [1.165, 1.54) is 24.4 Å². The van der Waals surface area contributed by atoms with Crippen LogP contribution in [0.15, 0.2) is 53.7 Å². The fraction of sp³-hybridized carbons (Fsp3) is 0.238. The van der Waals surface area contributed by atoms with Gasteiger partial charge in [0.15, 0.2) is 11.0 Å². The monoisotopic (exact) mass is 425 g/mol. The summed E-state index contributed by atoms with van der Waals surface area (Å²) in [4.78, 5) is 23.7. The van der Waals surface area contributed by atoms with E-state index in [2.05, 4.69) is 25.6 Å². The summed E-state index contributed by atoms with van der Waals surface area (Å²) in [6.45, 7) is 2.58. The number of benzene rings is 2. The SMILES string of the molecule is COC(=O)c1ccc(NC(=O)CSc2nnc(CNc3ccc(C)cc3)n2C)cc1. The molecule has 0 spiro atoms. The molecule has 1 heterocycles. The van der Waals surface area contributed by atoms with E-state index in [0.29, 0.717) is 23.0 Å². The number of amides is 1. The quantitative estimate of drug-likeness (QED) is 0.422. The van der Waals surface area contributed by atoms with Crippen LogP contribution in [0.3, 0.4) is 0 Å². The van der Waals surface area contributed by atoms with Crippen LogP contribution in [0.4, 0.5) is 11.4 Å². The molecular formula is C21H23N5O3S. The minimum absolute atomic E-state index is 0.173. The van der Waals surface area contributed by atoms with Gasteiger partial charge in [-0.25, -0.2) is 4.79 Å². The van der Waals surface area contributed by atoms with Gasteiger partial charge in [0.05, 0.1) is 25.0 Å². The molecule has 8 nitrogen and oxygen atoms in total. The van der Waals surface area contributed by atoms with Crippen LogP contribution in [-0.4, -0.2) is 39.5 Å². The van der Waals surface area contributed by atoms with Crippen LogP contribution < -0.4 is 10.6 Å². The maximum atomic E-state index is 12.2. The zero-order valence-electron chi connectivity index (χ0n) is 17.0. The predicted molar refractivity (Wildman–Crippen MR) is 117 cm³/mol. The number of hydrogen-bond acceptors (Lipinski definition) is 7. The van der Waals surface area contributed by atoms with Gasteiger partial charge in [-0.1, -0.05) is 29.5 Å². The number of nitrogens with one attached hydrogen (secondary N) is 2. The summed E-state index contributed by atoms with van der Waals surface area (Å²) < 4.78 is 6.52. The Bertz CT molecular complexity index is 1020. The second kappa shape index (κ2) is 9.93. The van der Waals surface area contributed by atoms with Crippen LogP contribution in [0, 0.1) is 6.92 Å². The van der Waals surface area contributed by atoms with Crippen molar-refractivity contribution in [2.75, 3.05) is 23.5 Å². The molecule has 0 aliphatic rings. The highest BCUT2D eigenvalue weighted by atomic mass is 32.2. The van der Waals surface area contributed by atoms with E-state index < -0.39 is 5.97 Å². The van der Waals surface area contributed by atoms with Crippen LogP contribution >= 0.6 is 11.8 Å². The van der Waals surface area contributed by atoms with E-state index in [-0.39, 0.29) is 11.7 Å². The molecule has 0 unspecified atom stereocenters. The van der Waals surface area contributed by atoms with Crippen molar-refractivity contribution in [3.8, 4) is 0 Å². The van der Waals surface area contributed by atoms with Crippen molar-refractivity contribution >= 4 is 35.0 Å². The molecule has 30 heavy (non-hydrogen) atoms. The second-order valence-electron chi connectivity index (χ2n) is 6.58. The van der Waals surface area contributed by atoms with Gasteiger partial charge in [-0.3, -0.25) is 4.79 Å². The van der Waals surface area contributed by atoms with Gasteiger partial charge in [0.2, 0.25) is 5.91 Å². The Morgan fingerprint density at radius 3 is 2.37 bits per heavy atom. The maximum absolute atomic E-state index is 12.2. The molecule has 0 atom stereocenters. The summed E-state index contributed by atoms with van der Waals surface area (Å²) in [5, 5.41) is 15.1. The molecular weight excluding hydrogens is 402 g/mol. The normalized spacial score (nSPS) is 10.5. The van der Waals surface area contributed by atoms with Crippen LogP contribution in [0.1, 0.15) is 21.7 Å². The first-order chi connectivity index (χ1) is 14.5. The summed E-state index contributed by atoms with van der Waals surface area (Å²) in [6, 6.07) is 14.6. The molecule has 0 fully saturated rings. The molecule has 3 rings (SSSR count). The smallest absolute Gasteiger partial charge is 0.337 e. The number of carbonyl (C=O) groups excluding carboxylic acids is 2. The van der Waals surface area contributed by atoms with Crippen LogP contribution in [0.25, 0.3) is 0 Å². The number of ether oxygens (including phenoxy) is 1. The zero-order chi connectivity index (χ0) is 21.5. The maximum Gasteiger partial charge on any atom is 0.337 e. The summed E-state index contributed by atoms with van der Waals surface area (Å²) >= 11 is 1.31. The van der Waals surface area contributed by atoms with Crippen LogP contribution in [0.5, 0.6) is 0 Å². The molecule has 0 bridgehead atoms. The molecule has 0 aliphatic heterocycles. The van der Waals surface area contributed by atoms with Crippen molar-refractivity contribution in [2.24, 2.45) is 7.05 Å². The Hall–Kier alpha value is -3.33. The fourth-order valence-electron chi connectivity index (χ4n) is 2.61. The average Bonchev–Trinajstić information content (AvgIpc) is 3.11. The number of thioether (sulfide) groups is 1. The summed E-state index contributed by atoms with van der Waals surface area (Å²) in [5.41, 5.74) is 3.25. The van der Waals surface area contributed by atoms with E-state index in [1.54, 1.807) is 24.3 Å². The minimum Gasteiger partial charge on any atom is -0.465 e. The topological polar surface area (TPSA) is 98.1 Å². The Labute approximate surface area is 179 Å². The van der Waals surface area contributed by atoms with Crippen molar-refractivity contribution in [1.29, 1.82) is 0 Å². The Kier molecular flexibility index (Phi) is 7.08. The van der Waals surface area contributed by atoms with Gasteiger partial charge in [-0.05, 0) is 43.3 Å². The van der Waals surface area contributed by atoms with Gasteiger partial charge in [-0.2, -0.15) is 0 Å². The highest BCUT2D eigenvalue weighted by Crippen LogP contribution is 2.18. The molecule has 0 saturated carbocycles. The van der Waals surface area contributed by atoms with Crippen LogP contribution in [0.2, 0.25) is 0 Å². The molecule has 0 aliphatic carbocycles. The van der Waals surface area contributed by atoms with Gasteiger partial charge >= 0.3 is 5.97 Å². The number of hydrogen-bond donors (Lipinski definition) is 2. The van der Waals surface area contributed by atoms with Crippen molar-refractivity contribution < 1.29 is 14.3 Å². The van der Waals surface area contributed by atoms with E-state index in [4.69, 9.17) is 0 Å². The third-order valence-corrected chi connectivity index (χ3v) is 5.37. The number of esters is 1. The van der Waals surface area contributed by atoms with Gasteiger partial charge in [0, 0.05) is 18.4 Å². The van der Waals surface area contributed by atoms with Gasteiger partial charge in [0.25, 0.3) is 0 Å². The molecule has 0 radical (unpaired) electrons. The standard InChI is InChI=1S/C21H23N5O3S/c1-14-4-8-16(9-5-14)22-12-18-24-25-21(26(18)2)30-13-19(27)23-17-10-6-15(7-11-17)20(28)29-3/h4-11,22H,12-13H2,1-3H3,(H,23,27). The Balaban J connectivity index is 1.50. The number of anilines is 2. The van der Waals surface area contributed by atoms with Crippen molar-refractivity contribution in [3.05, 3.63) is 65.5 Å². The molecule has 2 N–H and O–H groups in total. The molecule has 2 aromatic carbocycles. The van der Waals surface area contributed by atoms with Gasteiger partial charge in [-0.15, -0.1) is 10.2 Å². The lowest BCUT2D eigenvalue weighted by Gasteiger charge is -2.08. The molecule has 1 amide bonds. The number of rotatable bonds is 8. The number of aryl methyl sites for hydroxylation is 1. The first-order valence-corrected chi connectivity index (χ1v) is 10.2. The lowest BCUT2D eigenvalue weighted by atomic mass is 10.2. The number of methoxy groups -OCH3 is 1. The molecule has 1 aromatic heterocycles. The third kappa shape index (κ3) is 5.60. The molecule has 9 heteroatoms. The molecule has 156 valence electrons. The first-order valence-electron chi connectivity index (χ1n) is 9.26. The molecule has 3 aromatic rings. The van der Waals surface area contributed by atoms with Crippen molar-refractivity contribution in [2.45, 2.75) is 18.6 Å². The van der Waals surface area contributed by atoms with Gasteiger partial charge < -0.3 is 19.9 Å². The lowest BCUT2D eigenvalue weighted by Crippen LogP contribution is -2.15. The largest absolute Gasteiger partial charge is 0.465 e. The summed E-state index contributed by atoms with van der Waals surface area (Å²) in [5.74, 6) is 0.374. The number of nitrogens with zero attached hydrogens (tertiary/aromatic N) is 3. The average molecular weight is 426 g/mol. The highest BCUT2D eigenvalue weighted by molar-refractivity contribution is 7.99. The van der Waals surface area contributed by atoms with Crippen molar-refractivity contribution in [1.82, 2.24) is 14.8 Å². The van der Waals surface area contributed by atoms with Crippen LogP contribution in [-0.2, 0) is 23.1 Å². The van der Waals surface area contributed by atoms with E-state index in [0.717, 1.165) is 11.5 Å². The number of carbonyl (C=O) groups is 2. The lowest BCUT2D eigenvalue weighted by molar-refractivity contribution is -0.113. The number of aromatic nitrogens is 3. The van der Waals surface area contributed by atoms with Crippen molar-refractivity contribution in [3.63, 3.8) is 0 Å². The Morgan fingerprint density at radius 2 is 1.70 bits per heavy atom. The zero-order valence-corrected chi connectivity index (χ0v) is 17.8. The summed E-state index contributed by atoms with van der Waals surface area (Å²) in [6.07, 6.45) is 0. The van der Waals surface area contributed by atoms with E-state index in [9.17, 15) is 9.59 Å².